The van der Waals surface area contributed by atoms with Crippen molar-refractivity contribution in [3.05, 3.63) is 75.4 Å². The number of aromatic nitrogens is 1. The molecular weight excluding hydrogens is 359 g/mol. The average molecular weight is 372 g/mol. The first-order valence-corrected chi connectivity index (χ1v) is 7.74. The molecule has 0 saturated heterocycles. The maximum absolute atomic E-state index is 13.0. The molecule has 0 saturated carbocycles. The summed E-state index contributed by atoms with van der Waals surface area (Å²) < 4.78 is 28.2. The number of carbonyl (C=O) groups excluding carboxylic acids is 1. The summed E-state index contributed by atoms with van der Waals surface area (Å²) in [5.41, 5.74) is 1.74. The Morgan fingerprint density at radius 1 is 1.30 bits per heavy atom. The summed E-state index contributed by atoms with van der Waals surface area (Å²) in [5, 5.41) is 14.4. The van der Waals surface area contributed by atoms with Gasteiger partial charge in [-0.3, -0.25) is 10.1 Å². The van der Waals surface area contributed by atoms with E-state index < -0.39 is 16.8 Å². The quantitative estimate of drug-likeness (QED) is 0.278. The van der Waals surface area contributed by atoms with Crippen LogP contribution in [0.3, 0.4) is 0 Å². The smallest absolute Gasteiger partial charge is 0.433 e. The number of carbonyl (C=O) groups is 1. The van der Waals surface area contributed by atoms with E-state index in [0.29, 0.717) is 22.6 Å². The Hall–Kier alpha value is -3.75. The van der Waals surface area contributed by atoms with E-state index in [9.17, 15) is 19.3 Å². The van der Waals surface area contributed by atoms with Gasteiger partial charge in [-0.15, -0.1) is 0 Å². The van der Waals surface area contributed by atoms with Gasteiger partial charge in [0.2, 0.25) is 0 Å². The number of benzene rings is 1. The number of esters is 1. The van der Waals surface area contributed by atoms with Crippen LogP contribution < -0.4 is 0 Å². The van der Waals surface area contributed by atoms with E-state index in [-0.39, 0.29) is 18.2 Å². The normalized spacial score (nSPS) is 11.0. The molecule has 8 nitrogen and oxygen atoms in total. The number of hydrogen-bond acceptors (Lipinski definition) is 7. The van der Waals surface area contributed by atoms with E-state index in [1.807, 2.05) is 0 Å². The van der Waals surface area contributed by atoms with Crippen LogP contribution in [0.4, 0.5) is 10.3 Å². The van der Waals surface area contributed by atoms with Gasteiger partial charge in [-0.05, 0) is 43.3 Å². The second-order valence-electron chi connectivity index (χ2n) is 5.46. The molecule has 0 amide bonds. The monoisotopic (exact) mass is 372 g/mol. The van der Waals surface area contributed by atoms with Gasteiger partial charge in [0.25, 0.3) is 0 Å². The molecular formula is C18H13FN2O6. The number of hydrogen-bond donors (Lipinski definition) is 0. The van der Waals surface area contributed by atoms with Crippen molar-refractivity contribution in [3.63, 3.8) is 0 Å². The van der Waals surface area contributed by atoms with Gasteiger partial charge in [-0.2, -0.15) is 0 Å². The fraction of sp³-hybridized carbons (Fsp3) is 0.111. The number of ether oxygens (including phenoxy) is 1. The first kappa shape index (κ1) is 18.1. The van der Waals surface area contributed by atoms with Gasteiger partial charge in [0, 0.05) is 17.2 Å². The molecule has 9 heteroatoms. The molecule has 0 bridgehead atoms. The molecule has 2 heterocycles. The number of halogens is 1. The lowest BCUT2D eigenvalue weighted by Crippen LogP contribution is -2.02. The number of furan rings is 1. The van der Waals surface area contributed by atoms with Gasteiger partial charge in [0.1, 0.15) is 28.8 Å². The van der Waals surface area contributed by atoms with Crippen LogP contribution in [-0.4, -0.2) is 16.0 Å². The summed E-state index contributed by atoms with van der Waals surface area (Å²) in [4.78, 5) is 21.6. The number of nitro groups is 1. The summed E-state index contributed by atoms with van der Waals surface area (Å²) in [6, 6.07) is 8.27. The molecule has 3 aromatic rings. The summed E-state index contributed by atoms with van der Waals surface area (Å²) in [7, 11) is 0. The number of nitrogens with zero attached hydrogens (tertiary/aromatic N) is 2. The molecule has 0 aliphatic rings. The van der Waals surface area contributed by atoms with Crippen LogP contribution in [0.25, 0.3) is 17.4 Å². The van der Waals surface area contributed by atoms with E-state index in [0.717, 1.165) is 6.08 Å². The lowest BCUT2D eigenvalue weighted by atomic mass is 10.1. The molecule has 0 fully saturated rings. The zero-order chi connectivity index (χ0) is 19.4. The van der Waals surface area contributed by atoms with Gasteiger partial charge < -0.3 is 13.7 Å². The van der Waals surface area contributed by atoms with Crippen LogP contribution in [0.2, 0.25) is 0 Å². The van der Waals surface area contributed by atoms with Crippen molar-refractivity contribution in [3.8, 4) is 11.3 Å². The van der Waals surface area contributed by atoms with Crippen molar-refractivity contribution >= 4 is 17.9 Å². The van der Waals surface area contributed by atoms with Crippen LogP contribution in [-0.2, 0) is 16.1 Å². The molecule has 2 aromatic heterocycles. The predicted octanol–water partition coefficient (Wildman–Crippen LogP) is 4.05. The van der Waals surface area contributed by atoms with Crippen LogP contribution in [0.15, 0.2) is 51.4 Å². The van der Waals surface area contributed by atoms with E-state index in [2.05, 4.69) is 5.16 Å². The fourth-order valence-electron chi connectivity index (χ4n) is 2.24. The highest BCUT2D eigenvalue weighted by Gasteiger charge is 2.15. The largest absolute Gasteiger partial charge is 0.456 e. The SMILES string of the molecule is Cc1c(COC(=O)/C=C/c2ccc([N+](=O)[O-])o2)noc1-c1ccc(F)cc1. The molecule has 0 atom stereocenters. The van der Waals surface area contributed by atoms with Crippen LogP contribution >= 0.6 is 0 Å². The molecule has 138 valence electrons. The Morgan fingerprint density at radius 3 is 2.70 bits per heavy atom. The Labute approximate surface area is 152 Å². The molecule has 0 spiro atoms. The molecule has 27 heavy (non-hydrogen) atoms. The highest BCUT2D eigenvalue weighted by atomic mass is 19.1. The minimum Gasteiger partial charge on any atom is -0.456 e. The molecule has 1 aromatic carbocycles. The standard InChI is InChI=1S/C18H13FN2O6/c1-11-15(20-27-18(11)12-2-4-13(19)5-3-12)10-25-17(22)9-7-14-6-8-16(26-14)21(23)24/h2-9H,10H2,1H3/b9-7+. The Bertz CT molecular complexity index is 1000. The van der Waals surface area contributed by atoms with Crippen molar-refractivity contribution in [2.75, 3.05) is 0 Å². The zero-order valence-corrected chi connectivity index (χ0v) is 14.0. The molecule has 3 rings (SSSR count). The summed E-state index contributed by atoms with van der Waals surface area (Å²) in [6.45, 7) is 1.62. The zero-order valence-electron chi connectivity index (χ0n) is 14.0. The Morgan fingerprint density at radius 2 is 2.04 bits per heavy atom. The number of rotatable bonds is 6. The summed E-state index contributed by atoms with van der Waals surface area (Å²) in [5.74, 6) is -0.859. The van der Waals surface area contributed by atoms with E-state index in [1.54, 1.807) is 19.1 Å². The fourth-order valence-corrected chi connectivity index (χ4v) is 2.24. The summed E-state index contributed by atoms with van der Waals surface area (Å²) >= 11 is 0. The maximum Gasteiger partial charge on any atom is 0.433 e. The van der Waals surface area contributed by atoms with Gasteiger partial charge in [0.15, 0.2) is 5.76 Å². The maximum atomic E-state index is 13.0. The Kier molecular flexibility index (Phi) is 5.11. The molecule has 0 radical (unpaired) electrons. The second kappa shape index (κ2) is 7.65. The van der Waals surface area contributed by atoms with Gasteiger partial charge in [-0.25, -0.2) is 9.18 Å². The highest BCUT2D eigenvalue weighted by Crippen LogP contribution is 2.26. The third-order valence-corrected chi connectivity index (χ3v) is 3.65. The average Bonchev–Trinajstić information content (AvgIpc) is 3.26. The summed E-state index contributed by atoms with van der Waals surface area (Å²) in [6.07, 6.45) is 2.34. The first-order chi connectivity index (χ1) is 12.9. The lowest BCUT2D eigenvalue weighted by Gasteiger charge is -2.00. The van der Waals surface area contributed by atoms with Crippen molar-refractivity contribution in [2.45, 2.75) is 13.5 Å². The van der Waals surface area contributed by atoms with Gasteiger partial charge in [-0.1, -0.05) is 5.16 Å². The molecule has 0 aliphatic carbocycles. The van der Waals surface area contributed by atoms with Crippen molar-refractivity contribution < 1.29 is 27.8 Å². The van der Waals surface area contributed by atoms with Crippen molar-refractivity contribution in [1.29, 1.82) is 0 Å². The van der Waals surface area contributed by atoms with Crippen LogP contribution in [0, 0.1) is 22.9 Å². The van der Waals surface area contributed by atoms with E-state index in [4.69, 9.17) is 13.7 Å². The van der Waals surface area contributed by atoms with Crippen molar-refractivity contribution in [2.24, 2.45) is 0 Å². The molecule has 0 unspecified atom stereocenters. The highest BCUT2D eigenvalue weighted by molar-refractivity contribution is 5.86. The van der Waals surface area contributed by atoms with Crippen LogP contribution in [0.5, 0.6) is 0 Å². The van der Waals surface area contributed by atoms with E-state index in [1.165, 1.54) is 30.3 Å². The second-order valence-corrected chi connectivity index (χ2v) is 5.46. The van der Waals surface area contributed by atoms with E-state index >= 15 is 0 Å². The minimum atomic E-state index is -0.681. The predicted molar refractivity (Wildman–Crippen MR) is 90.8 cm³/mol. The molecule has 0 N–H and O–H groups in total. The molecule has 0 aliphatic heterocycles. The topological polar surface area (TPSA) is 109 Å². The van der Waals surface area contributed by atoms with Gasteiger partial charge in [0.05, 0.1) is 6.07 Å². The third-order valence-electron chi connectivity index (χ3n) is 3.65. The van der Waals surface area contributed by atoms with Crippen LogP contribution in [0.1, 0.15) is 17.0 Å². The third kappa shape index (κ3) is 4.27. The lowest BCUT2D eigenvalue weighted by molar-refractivity contribution is -0.402. The Balaban J connectivity index is 1.61. The minimum absolute atomic E-state index is 0.127. The first-order valence-electron chi connectivity index (χ1n) is 7.74. The van der Waals surface area contributed by atoms with Gasteiger partial charge >= 0.3 is 11.9 Å². The van der Waals surface area contributed by atoms with Crippen molar-refractivity contribution in [1.82, 2.24) is 5.16 Å².